The third-order valence-corrected chi connectivity index (χ3v) is 21.4. The molecule has 1 saturated carbocycles. The lowest BCUT2D eigenvalue weighted by molar-refractivity contribution is 0.195. The summed E-state index contributed by atoms with van der Waals surface area (Å²) in [5, 5.41) is 2.61. The van der Waals surface area contributed by atoms with E-state index in [1.165, 1.54) is 135 Å². The van der Waals surface area contributed by atoms with E-state index in [-0.39, 0.29) is 39.3 Å². The maximum absolute atomic E-state index is 2.91. The van der Waals surface area contributed by atoms with E-state index in [1.54, 1.807) is 5.56 Å². The number of rotatable bonds is 5. The van der Waals surface area contributed by atoms with Crippen LogP contribution in [0.5, 0.6) is 0 Å². The van der Waals surface area contributed by atoms with Crippen molar-refractivity contribution >= 4 is 100 Å². The van der Waals surface area contributed by atoms with Gasteiger partial charge in [0.1, 0.15) is 0 Å². The molecule has 2 unspecified atom stereocenters. The lowest BCUT2D eigenvalue weighted by atomic mass is 9.33. The van der Waals surface area contributed by atoms with Crippen LogP contribution < -0.4 is 31.1 Å². The van der Waals surface area contributed by atoms with Crippen molar-refractivity contribution in [1.29, 1.82) is 0 Å². The van der Waals surface area contributed by atoms with Crippen LogP contribution >= 0.6 is 11.3 Å². The number of hydrogen-bond acceptors (Lipinski definition) is 4. The highest BCUT2D eigenvalue weighted by Crippen LogP contribution is 2.63. The van der Waals surface area contributed by atoms with Gasteiger partial charge in [0.05, 0.1) is 21.6 Å². The van der Waals surface area contributed by atoms with Gasteiger partial charge in [0, 0.05) is 60.6 Å². The second kappa shape index (κ2) is 16.7. The lowest BCUT2D eigenvalue weighted by Gasteiger charge is -2.53. The molecule has 3 aliphatic heterocycles. The van der Waals surface area contributed by atoms with Crippen molar-refractivity contribution in [3.63, 3.8) is 0 Å². The predicted molar refractivity (Wildman–Crippen MR) is 339 cm³/mol. The summed E-state index contributed by atoms with van der Waals surface area (Å²) >= 11 is 1.91. The predicted octanol–water partition coefficient (Wildman–Crippen LogP) is 18.8. The Morgan fingerprint density at radius 1 is 0.526 bits per heavy atom. The summed E-state index contributed by atoms with van der Waals surface area (Å²) in [5.41, 5.74) is 25.6. The van der Waals surface area contributed by atoms with Crippen molar-refractivity contribution in [2.24, 2.45) is 0 Å². The molecular formula is C73H76BN3S. The van der Waals surface area contributed by atoms with Crippen molar-refractivity contribution in [2.45, 2.75) is 161 Å². The summed E-state index contributed by atoms with van der Waals surface area (Å²) in [4.78, 5) is 8.25. The second-order valence-corrected chi connectivity index (χ2v) is 29.1. The number of thiophene rings is 1. The molecule has 0 spiro atoms. The molecule has 392 valence electrons. The second-order valence-electron chi connectivity index (χ2n) is 28.0. The normalized spacial score (nSPS) is 20.6. The van der Waals surface area contributed by atoms with Gasteiger partial charge in [-0.2, -0.15) is 0 Å². The monoisotopic (exact) mass is 1040 g/mol. The number of hydrogen-bond donors (Lipinski definition) is 0. The third-order valence-electron chi connectivity index (χ3n) is 20.2. The van der Waals surface area contributed by atoms with Crippen molar-refractivity contribution in [3.8, 4) is 11.1 Å². The highest BCUT2D eigenvalue weighted by molar-refractivity contribution is 7.26. The van der Waals surface area contributed by atoms with E-state index in [0.29, 0.717) is 0 Å². The number of anilines is 8. The Morgan fingerprint density at radius 2 is 1.18 bits per heavy atom. The van der Waals surface area contributed by atoms with Gasteiger partial charge in [0.2, 0.25) is 0 Å². The number of aryl methyl sites for hydroxylation is 1. The minimum atomic E-state index is -0.0758. The molecule has 0 amide bonds. The molecule has 14 rings (SSSR count). The van der Waals surface area contributed by atoms with Gasteiger partial charge < -0.3 is 14.7 Å². The molecule has 2 aliphatic carbocycles. The van der Waals surface area contributed by atoms with E-state index in [2.05, 4.69) is 256 Å². The largest absolute Gasteiger partial charge is 0.335 e. The van der Waals surface area contributed by atoms with Gasteiger partial charge in [-0.05, 0) is 177 Å². The van der Waals surface area contributed by atoms with Gasteiger partial charge in [-0.15, -0.1) is 11.3 Å². The van der Waals surface area contributed by atoms with Crippen LogP contribution in [0.2, 0.25) is 0 Å². The first-order valence-electron chi connectivity index (χ1n) is 29.2. The lowest BCUT2D eigenvalue weighted by Crippen LogP contribution is -2.64. The van der Waals surface area contributed by atoms with Crippen LogP contribution in [0.3, 0.4) is 0 Å². The van der Waals surface area contributed by atoms with Crippen LogP contribution in [-0.2, 0) is 27.1 Å². The Kier molecular flexibility index (Phi) is 10.7. The molecule has 4 heterocycles. The highest BCUT2D eigenvalue weighted by Gasteiger charge is 2.61. The van der Waals surface area contributed by atoms with Crippen LogP contribution in [0, 0.1) is 6.92 Å². The van der Waals surface area contributed by atoms with E-state index < -0.39 is 0 Å². The van der Waals surface area contributed by atoms with Crippen LogP contribution in [0.1, 0.15) is 155 Å². The molecule has 9 aromatic rings. The van der Waals surface area contributed by atoms with Crippen molar-refractivity contribution in [2.75, 3.05) is 14.7 Å². The molecule has 1 aromatic heterocycles. The Hall–Kier alpha value is -6.56. The number of benzene rings is 8. The Balaban J connectivity index is 1.11. The van der Waals surface area contributed by atoms with E-state index >= 15 is 0 Å². The van der Waals surface area contributed by atoms with Gasteiger partial charge in [-0.25, -0.2) is 0 Å². The summed E-state index contributed by atoms with van der Waals surface area (Å²) in [6.45, 7) is 31.8. The Bertz CT molecular complexity index is 3960. The van der Waals surface area contributed by atoms with E-state index in [4.69, 9.17) is 0 Å². The number of nitrogens with zero attached hydrogens (tertiary/aromatic N) is 3. The third kappa shape index (κ3) is 7.07. The summed E-state index contributed by atoms with van der Waals surface area (Å²) in [6.07, 6.45) is 7.20. The molecule has 0 radical (unpaired) electrons. The fourth-order valence-electron chi connectivity index (χ4n) is 15.4. The molecule has 1 fully saturated rings. The molecule has 0 saturated heterocycles. The van der Waals surface area contributed by atoms with Gasteiger partial charge in [0.15, 0.2) is 0 Å². The summed E-state index contributed by atoms with van der Waals surface area (Å²) in [6, 6.07) is 60.0. The molecule has 3 nitrogen and oxygen atoms in total. The van der Waals surface area contributed by atoms with Crippen LogP contribution in [-0.4, -0.2) is 12.3 Å². The average Bonchev–Trinajstić information content (AvgIpc) is 2.50. The van der Waals surface area contributed by atoms with Gasteiger partial charge >= 0.3 is 0 Å². The molecule has 2 atom stereocenters. The summed E-state index contributed by atoms with van der Waals surface area (Å²) in [5.74, 6) is 0. The zero-order valence-electron chi connectivity index (χ0n) is 48.5. The fourth-order valence-corrected chi connectivity index (χ4v) is 16.6. The van der Waals surface area contributed by atoms with Gasteiger partial charge in [-0.3, -0.25) is 0 Å². The van der Waals surface area contributed by atoms with Gasteiger partial charge in [-0.1, -0.05) is 180 Å². The minimum absolute atomic E-state index is 0.00109. The summed E-state index contributed by atoms with van der Waals surface area (Å²) in [7, 11) is 0. The fraction of sp³-hybridized carbons (Fsp3) is 0.342. The standard InChI is InChI=1S/C73H76BN3S/c1-45-38-62-65-63(39-45)77-66-56(72(12)34-19-20-35-73(72,77)13)40-48(69(5,6)7)41-58(66)74(65)57-33-32-50(42-61(57)76(62)60-44-55-54(70(8,9)36-37-71(55,10)11)43-53(60)46-22-15-14-16-23-46)75(49-30-28-47(29-31-49)68(2,3)4)59-26-21-25-52-51-24-17-18-27-64(51)78-67(52)59/h14-18,21-33,38-44H,19-20,34-37H2,1-13H3. The highest BCUT2D eigenvalue weighted by atomic mass is 32.1. The van der Waals surface area contributed by atoms with Crippen molar-refractivity contribution < 1.29 is 0 Å². The summed E-state index contributed by atoms with van der Waals surface area (Å²) < 4.78 is 2.61. The quantitative estimate of drug-likeness (QED) is 0.159. The Morgan fingerprint density at radius 3 is 1.91 bits per heavy atom. The molecule has 78 heavy (non-hydrogen) atoms. The van der Waals surface area contributed by atoms with Crippen molar-refractivity contribution in [1.82, 2.24) is 0 Å². The topological polar surface area (TPSA) is 9.72 Å². The molecule has 8 aromatic carbocycles. The minimum Gasteiger partial charge on any atom is -0.335 e. The number of fused-ring (bicyclic) bond motifs is 11. The van der Waals surface area contributed by atoms with Crippen LogP contribution in [0.25, 0.3) is 31.3 Å². The first kappa shape index (κ1) is 49.7. The maximum atomic E-state index is 2.91. The van der Waals surface area contributed by atoms with E-state index in [0.717, 1.165) is 24.2 Å². The zero-order valence-corrected chi connectivity index (χ0v) is 49.3. The van der Waals surface area contributed by atoms with Crippen LogP contribution in [0.15, 0.2) is 152 Å². The first-order valence-corrected chi connectivity index (χ1v) is 30.0. The maximum Gasteiger partial charge on any atom is 0.252 e. The van der Waals surface area contributed by atoms with Crippen LogP contribution in [0.4, 0.5) is 45.5 Å². The van der Waals surface area contributed by atoms with E-state index in [9.17, 15) is 0 Å². The average molecular weight is 1040 g/mol. The van der Waals surface area contributed by atoms with Gasteiger partial charge in [0.25, 0.3) is 6.71 Å². The Labute approximate surface area is 469 Å². The molecule has 5 aliphatic rings. The first-order chi connectivity index (χ1) is 37.1. The molecular weight excluding hydrogens is 962 g/mol. The zero-order chi connectivity index (χ0) is 54.2. The van der Waals surface area contributed by atoms with E-state index in [1.807, 2.05) is 11.3 Å². The molecule has 0 N–H and O–H groups in total. The smallest absolute Gasteiger partial charge is 0.252 e. The molecule has 0 bridgehead atoms. The SMILES string of the molecule is Cc1cc2c3c(c1)N1c4c(cc(C(C)(C)C)cc4C4(C)CCCCC14C)B3c1ccc(N(c3ccc(C(C)(C)C)cc3)c3cccc4c3sc3ccccc34)cc1N2c1cc2c(cc1-c1ccccc1)C(C)(C)CCC2(C)C. The van der Waals surface area contributed by atoms with Crippen molar-refractivity contribution in [3.05, 3.63) is 185 Å². The molecule has 5 heteroatoms.